The Kier molecular flexibility index (Phi) is 6.41. The fourth-order valence-electron chi connectivity index (χ4n) is 5.13. The lowest BCUT2D eigenvalue weighted by atomic mass is 9.89. The van der Waals surface area contributed by atoms with Crippen molar-refractivity contribution in [1.29, 1.82) is 0 Å². The smallest absolute Gasteiger partial charge is 0.325 e. The maximum Gasteiger partial charge on any atom is 0.325 e. The Bertz CT molecular complexity index is 1360. The van der Waals surface area contributed by atoms with Crippen molar-refractivity contribution in [2.75, 3.05) is 25.7 Å². The van der Waals surface area contributed by atoms with E-state index in [0.717, 1.165) is 22.4 Å². The SMILES string of the molecule is COc1ccc(CCNC(=O)c2cccc(N3C(=O)N[C@@H]4C[C@@]3(C)Oc3ccc(C)cc34)c2)cc1OC. The predicted octanol–water partition coefficient (Wildman–Crippen LogP) is 4.75. The van der Waals surface area contributed by atoms with E-state index in [1.54, 1.807) is 37.3 Å². The largest absolute Gasteiger partial charge is 0.493 e. The zero-order valence-corrected chi connectivity index (χ0v) is 21.5. The molecule has 2 heterocycles. The Morgan fingerprint density at radius 2 is 1.92 bits per heavy atom. The molecule has 2 N–H and O–H groups in total. The molecule has 0 aliphatic carbocycles. The van der Waals surface area contributed by atoms with Crippen molar-refractivity contribution < 1.29 is 23.8 Å². The van der Waals surface area contributed by atoms with E-state index in [1.807, 2.05) is 50.2 Å². The number of fused-ring (bicyclic) bond motifs is 4. The van der Waals surface area contributed by atoms with Crippen LogP contribution in [0.4, 0.5) is 10.5 Å². The number of hydrogen-bond acceptors (Lipinski definition) is 5. The summed E-state index contributed by atoms with van der Waals surface area (Å²) in [6.45, 7) is 4.38. The van der Waals surface area contributed by atoms with Gasteiger partial charge < -0.3 is 24.8 Å². The van der Waals surface area contributed by atoms with E-state index in [-0.39, 0.29) is 18.0 Å². The van der Waals surface area contributed by atoms with Gasteiger partial charge in [-0.15, -0.1) is 0 Å². The third-order valence-electron chi connectivity index (χ3n) is 6.94. The highest BCUT2D eigenvalue weighted by atomic mass is 16.5. The first-order chi connectivity index (χ1) is 17.8. The van der Waals surface area contributed by atoms with E-state index < -0.39 is 5.72 Å². The molecule has 2 aliphatic rings. The third-order valence-corrected chi connectivity index (χ3v) is 6.94. The number of carbonyl (C=O) groups excluding carboxylic acids is 2. The Morgan fingerprint density at radius 1 is 1.11 bits per heavy atom. The average molecular weight is 502 g/mol. The number of aryl methyl sites for hydroxylation is 1. The van der Waals surface area contributed by atoms with Crippen LogP contribution in [-0.4, -0.2) is 38.4 Å². The molecule has 37 heavy (non-hydrogen) atoms. The van der Waals surface area contributed by atoms with E-state index in [1.165, 1.54) is 0 Å². The number of carbonyl (C=O) groups is 2. The molecule has 1 fully saturated rings. The zero-order chi connectivity index (χ0) is 26.2. The molecule has 2 atom stereocenters. The Morgan fingerprint density at radius 3 is 2.70 bits per heavy atom. The highest BCUT2D eigenvalue weighted by Crippen LogP contribution is 2.45. The highest BCUT2D eigenvalue weighted by Gasteiger charge is 2.49. The summed E-state index contributed by atoms with van der Waals surface area (Å²) in [4.78, 5) is 27.8. The number of hydrogen-bond donors (Lipinski definition) is 2. The lowest BCUT2D eigenvalue weighted by molar-refractivity contribution is 0.0378. The van der Waals surface area contributed by atoms with Gasteiger partial charge in [0.2, 0.25) is 0 Å². The van der Waals surface area contributed by atoms with Crippen LogP contribution in [0.3, 0.4) is 0 Å². The Labute approximate surface area is 216 Å². The van der Waals surface area contributed by atoms with Gasteiger partial charge in [0.25, 0.3) is 5.91 Å². The minimum absolute atomic E-state index is 0.125. The van der Waals surface area contributed by atoms with Gasteiger partial charge in [0, 0.05) is 24.1 Å². The van der Waals surface area contributed by atoms with Crippen molar-refractivity contribution >= 4 is 17.6 Å². The molecule has 8 nitrogen and oxygen atoms in total. The molecule has 3 amide bonds. The second-order valence-corrected chi connectivity index (χ2v) is 9.61. The molecule has 192 valence electrons. The van der Waals surface area contributed by atoms with E-state index >= 15 is 0 Å². The number of amides is 3. The number of nitrogens with zero attached hydrogens (tertiary/aromatic N) is 1. The number of nitrogens with one attached hydrogen (secondary N) is 2. The normalized spacial score (nSPS) is 19.8. The van der Waals surface area contributed by atoms with Crippen LogP contribution in [-0.2, 0) is 6.42 Å². The summed E-state index contributed by atoms with van der Waals surface area (Å²) < 4.78 is 17.0. The third kappa shape index (κ3) is 4.67. The van der Waals surface area contributed by atoms with Gasteiger partial charge in [-0.1, -0.05) is 29.8 Å². The second-order valence-electron chi connectivity index (χ2n) is 9.61. The van der Waals surface area contributed by atoms with Gasteiger partial charge >= 0.3 is 6.03 Å². The van der Waals surface area contributed by atoms with Crippen molar-refractivity contribution in [3.05, 3.63) is 82.9 Å². The number of ether oxygens (including phenoxy) is 3. The topological polar surface area (TPSA) is 89.1 Å². The summed E-state index contributed by atoms with van der Waals surface area (Å²) in [6, 6.07) is 18.4. The van der Waals surface area contributed by atoms with Gasteiger partial charge in [-0.3, -0.25) is 9.69 Å². The second kappa shape index (κ2) is 9.69. The van der Waals surface area contributed by atoms with Gasteiger partial charge in [0.1, 0.15) is 5.75 Å². The molecule has 2 aliphatic heterocycles. The number of urea groups is 1. The first-order valence-corrected chi connectivity index (χ1v) is 12.3. The van der Waals surface area contributed by atoms with E-state index in [0.29, 0.717) is 42.1 Å². The number of anilines is 1. The molecule has 0 saturated carbocycles. The fourth-order valence-corrected chi connectivity index (χ4v) is 5.13. The van der Waals surface area contributed by atoms with Crippen LogP contribution in [0.5, 0.6) is 17.2 Å². The number of rotatable bonds is 7. The van der Waals surface area contributed by atoms with E-state index in [4.69, 9.17) is 14.2 Å². The fraction of sp³-hybridized carbons (Fsp3) is 0.310. The number of benzene rings is 3. The van der Waals surface area contributed by atoms with Gasteiger partial charge in [-0.25, -0.2) is 4.79 Å². The predicted molar refractivity (Wildman–Crippen MR) is 141 cm³/mol. The molecule has 8 heteroatoms. The molecule has 1 saturated heterocycles. The quantitative estimate of drug-likeness (QED) is 0.488. The lowest BCUT2D eigenvalue weighted by Gasteiger charge is -2.50. The Balaban J connectivity index is 1.30. The van der Waals surface area contributed by atoms with Gasteiger partial charge in [-0.05, 0) is 62.2 Å². The summed E-state index contributed by atoms with van der Waals surface area (Å²) in [7, 11) is 3.19. The minimum atomic E-state index is -0.877. The Hall–Kier alpha value is -4.20. The summed E-state index contributed by atoms with van der Waals surface area (Å²) >= 11 is 0. The van der Waals surface area contributed by atoms with Crippen molar-refractivity contribution in [2.24, 2.45) is 0 Å². The van der Waals surface area contributed by atoms with Gasteiger partial charge in [0.05, 0.1) is 25.9 Å². The molecule has 0 unspecified atom stereocenters. The first kappa shape index (κ1) is 24.5. The van der Waals surface area contributed by atoms with Crippen LogP contribution >= 0.6 is 0 Å². The average Bonchev–Trinajstić information content (AvgIpc) is 2.88. The zero-order valence-electron chi connectivity index (χ0n) is 21.5. The van der Waals surface area contributed by atoms with Crippen LogP contribution in [0.2, 0.25) is 0 Å². The molecule has 0 aromatic heterocycles. The standard InChI is InChI=1S/C29H31N3O5/c1-18-8-10-24-22(14-18)23-17-29(2,37-24)32(28(34)31-23)21-7-5-6-20(16-21)27(33)30-13-12-19-9-11-25(35-3)26(15-19)36-4/h5-11,14-16,23H,12-13,17H2,1-4H3,(H,30,33)(H,31,34)/t23-,29-/m1/s1. The van der Waals surface area contributed by atoms with Crippen molar-refractivity contribution in [2.45, 2.75) is 38.5 Å². The maximum atomic E-state index is 13.2. The molecule has 0 spiro atoms. The molecule has 2 bridgehead atoms. The van der Waals surface area contributed by atoms with Crippen LogP contribution in [0, 0.1) is 6.92 Å². The first-order valence-electron chi connectivity index (χ1n) is 12.3. The van der Waals surface area contributed by atoms with Gasteiger partial charge in [0.15, 0.2) is 17.2 Å². The lowest BCUT2D eigenvalue weighted by Crippen LogP contribution is -2.65. The van der Waals surface area contributed by atoms with E-state index in [2.05, 4.69) is 16.7 Å². The molecular formula is C29H31N3O5. The summed E-state index contributed by atoms with van der Waals surface area (Å²) in [5.41, 5.74) is 3.32. The monoisotopic (exact) mass is 501 g/mol. The van der Waals surface area contributed by atoms with Crippen molar-refractivity contribution in [3.8, 4) is 17.2 Å². The van der Waals surface area contributed by atoms with Gasteiger partial charge in [-0.2, -0.15) is 0 Å². The molecule has 5 rings (SSSR count). The maximum absolute atomic E-state index is 13.2. The molecule has 3 aromatic rings. The summed E-state index contributed by atoms with van der Waals surface area (Å²) in [5.74, 6) is 1.86. The van der Waals surface area contributed by atoms with Crippen LogP contribution < -0.4 is 29.7 Å². The molecule has 3 aromatic carbocycles. The van der Waals surface area contributed by atoms with Crippen LogP contribution in [0.25, 0.3) is 0 Å². The highest BCUT2D eigenvalue weighted by molar-refractivity contribution is 5.99. The molecular weight excluding hydrogens is 470 g/mol. The van der Waals surface area contributed by atoms with Crippen molar-refractivity contribution in [3.63, 3.8) is 0 Å². The minimum Gasteiger partial charge on any atom is -0.493 e. The van der Waals surface area contributed by atoms with Crippen molar-refractivity contribution in [1.82, 2.24) is 10.6 Å². The molecule has 0 radical (unpaired) electrons. The van der Waals surface area contributed by atoms with Crippen LogP contribution in [0.1, 0.15) is 46.4 Å². The summed E-state index contributed by atoms with van der Waals surface area (Å²) in [6.07, 6.45) is 1.23. The summed E-state index contributed by atoms with van der Waals surface area (Å²) in [5, 5.41) is 6.08. The number of methoxy groups -OCH3 is 2. The van der Waals surface area contributed by atoms with Crippen LogP contribution in [0.15, 0.2) is 60.7 Å². The van der Waals surface area contributed by atoms with E-state index in [9.17, 15) is 9.59 Å².